The molecule has 1 aliphatic rings. The highest BCUT2D eigenvalue weighted by atomic mass is 16.5. The predicted molar refractivity (Wildman–Crippen MR) is 166 cm³/mol. The Morgan fingerprint density at radius 3 is 2.50 bits per heavy atom. The summed E-state index contributed by atoms with van der Waals surface area (Å²) in [6, 6.07) is 19.3. The second-order valence-electron chi connectivity index (χ2n) is 11.4. The maximum absolute atomic E-state index is 13.6. The largest absolute Gasteiger partial charge is 0.508 e. The number of aromatic hydroxyl groups is 2. The molecular weight excluding hydrogens is 560 g/mol. The number of quaternary nitrogens is 1. The van der Waals surface area contributed by atoms with Crippen LogP contribution >= 0.6 is 0 Å². The maximum atomic E-state index is 13.6. The van der Waals surface area contributed by atoms with Crippen molar-refractivity contribution >= 4 is 23.3 Å². The molecule has 0 spiro atoms. The zero-order chi connectivity index (χ0) is 31.1. The molecule has 0 bridgehead atoms. The Kier molecular flexibility index (Phi) is 9.35. The van der Waals surface area contributed by atoms with E-state index in [1.54, 1.807) is 60.7 Å². The van der Waals surface area contributed by atoms with Gasteiger partial charge in [-0.3, -0.25) is 4.79 Å². The number of rotatable bonds is 9. The van der Waals surface area contributed by atoms with Crippen molar-refractivity contribution in [3.05, 3.63) is 89.8 Å². The van der Waals surface area contributed by atoms with Gasteiger partial charge >= 0.3 is 6.03 Å². The van der Waals surface area contributed by atoms with Crippen LogP contribution in [0.4, 0.5) is 10.5 Å². The van der Waals surface area contributed by atoms with E-state index in [0.29, 0.717) is 47.8 Å². The van der Waals surface area contributed by atoms with E-state index in [-0.39, 0.29) is 17.9 Å². The number of anilines is 1. The smallest absolute Gasteiger partial charge is 0.319 e. The van der Waals surface area contributed by atoms with Crippen LogP contribution in [0.1, 0.15) is 36.8 Å². The van der Waals surface area contributed by atoms with E-state index in [0.717, 1.165) is 35.4 Å². The van der Waals surface area contributed by atoms with E-state index in [4.69, 9.17) is 4.52 Å². The van der Waals surface area contributed by atoms with Crippen LogP contribution in [-0.4, -0.2) is 68.7 Å². The number of nitrogens with one attached hydrogen (secondary N) is 2. The number of phenols is 2. The molecule has 2 heterocycles. The zero-order valence-corrected chi connectivity index (χ0v) is 24.9. The molecule has 4 aromatic rings. The first-order valence-corrected chi connectivity index (χ1v) is 14.7. The third-order valence-corrected chi connectivity index (χ3v) is 7.62. The van der Waals surface area contributed by atoms with Gasteiger partial charge < -0.3 is 29.9 Å². The van der Waals surface area contributed by atoms with Crippen LogP contribution in [0.2, 0.25) is 0 Å². The number of carbonyl (C=O) groups is 2. The van der Waals surface area contributed by atoms with Gasteiger partial charge in [0, 0.05) is 36.1 Å². The van der Waals surface area contributed by atoms with Crippen LogP contribution in [0.3, 0.4) is 0 Å². The first kappa shape index (κ1) is 30.4. The minimum atomic E-state index is -0.926. The number of likely N-dealkylation sites (tertiary alicyclic amines) is 1. The molecule has 1 aliphatic heterocycles. The summed E-state index contributed by atoms with van der Waals surface area (Å²) in [5.41, 5.74) is 3.84. The molecule has 5 rings (SSSR count). The summed E-state index contributed by atoms with van der Waals surface area (Å²) < 4.78 is 5.83. The number of piperidine rings is 1. The highest BCUT2D eigenvalue weighted by Gasteiger charge is 2.31. The Balaban J connectivity index is 1.28. The van der Waals surface area contributed by atoms with Crippen LogP contribution in [0.25, 0.3) is 11.4 Å². The van der Waals surface area contributed by atoms with Crippen molar-refractivity contribution in [1.29, 1.82) is 0 Å². The second-order valence-corrected chi connectivity index (χ2v) is 11.4. The summed E-state index contributed by atoms with van der Waals surface area (Å²) in [5.74, 6) is 0.917. The van der Waals surface area contributed by atoms with Crippen molar-refractivity contribution in [3.8, 4) is 22.9 Å². The number of aryl methyl sites for hydroxylation is 1. The molecule has 3 amide bonds. The Morgan fingerprint density at radius 1 is 1.02 bits per heavy atom. The molecule has 1 saturated heterocycles. The standard InChI is InChI=1S/C33H36N6O5/c1-3-30-37-31(38-44-30)24-11-13-25(14-12-24)35-33(43)36-29(19-22-9-15-27(40)16-10-22)32(42)34-26-7-5-17-39(2,21-26)20-23-6-4-8-28(41)18-23/h4,6,8-16,18,29H,3,5,7,17,19-21H2,1-2H3,(H3-,35,36,38,40,41,43)/p+1/t29-,39?/m0/s1. The van der Waals surface area contributed by atoms with Crippen molar-refractivity contribution in [2.24, 2.45) is 4.99 Å². The van der Waals surface area contributed by atoms with Gasteiger partial charge in [-0.1, -0.05) is 36.3 Å². The van der Waals surface area contributed by atoms with Gasteiger partial charge in [-0.15, -0.1) is 0 Å². The molecule has 11 nitrogen and oxygen atoms in total. The number of hydrogen-bond donors (Lipinski definition) is 4. The summed E-state index contributed by atoms with van der Waals surface area (Å²) in [7, 11) is 2.12. The lowest BCUT2D eigenvalue weighted by Crippen LogP contribution is -2.51. The van der Waals surface area contributed by atoms with Crippen LogP contribution in [0.15, 0.2) is 82.3 Å². The summed E-state index contributed by atoms with van der Waals surface area (Å²) in [4.78, 5) is 35.5. The summed E-state index contributed by atoms with van der Waals surface area (Å²) in [6.45, 7) is 4.14. The number of benzene rings is 3. The molecular formula is C33H37N6O5+. The zero-order valence-electron chi connectivity index (χ0n) is 24.9. The lowest BCUT2D eigenvalue weighted by Gasteiger charge is -2.38. The third-order valence-electron chi connectivity index (χ3n) is 7.62. The summed E-state index contributed by atoms with van der Waals surface area (Å²) in [6.07, 6.45) is 2.41. The van der Waals surface area contributed by atoms with E-state index >= 15 is 0 Å². The first-order chi connectivity index (χ1) is 21.2. The topological polar surface area (TPSA) is 150 Å². The predicted octanol–water partition coefficient (Wildman–Crippen LogP) is 4.85. The lowest BCUT2D eigenvalue weighted by atomic mass is 10.0. The van der Waals surface area contributed by atoms with Gasteiger partial charge in [0.1, 0.15) is 30.6 Å². The van der Waals surface area contributed by atoms with E-state index in [2.05, 4.69) is 32.8 Å². The molecule has 0 saturated carbocycles. The molecule has 4 N–H and O–H groups in total. The first-order valence-electron chi connectivity index (χ1n) is 14.7. The molecule has 44 heavy (non-hydrogen) atoms. The van der Waals surface area contributed by atoms with Crippen LogP contribution in [-0.2, 0) is 24.2 Å². The average molecular weight is 598 g/mol. The van der Waals surface area contributed by atoms with Gasteiger partial charge in [0.25, 0.3) is 5.91 Å². The fourth-order valence-electron chi connectivity index (χ4n) is 5.43. The van der Waals surface area contributed by atoms with Crippen LogP contribution in [0.5, 0.6) is 11.5 Å². The molecule has 3 aromatic carbocycles. The number of carbonyl (C=O) groups excluding carboxylic acids is 2. The Hall–Kier alpha value is -5.03. The molecule has 1 aromatic heterocycles. The average Bonchev–Trinajstić information content (AvgIpc) is 3.48. The quantitative estimate of drug-likeness (QED) is 0.201. The Bertz CT molecular complexity index is 1630. The second kappa shape index (κ2) is 13.5. The van der Waals surface area contributed by atoms with Gasteiger partial charge in [-0.2, -0.15) is 4.98 Å². The van der Waals surface area contributed by atoms with E-state index < -0.39 is 18.0 Å². The lowest BCUT2D eigenvalue weighted by molar-refractivity contribution is -0.916. The van der Waals surface area contributed by atoms with Crippen LogP contribution in [0, 0.1) is 0 Å². The third kappa shape index (κ3) is 8.07. The number of urea groups is 1. The SMILES string of the molecule is CCc1nc(-c2ccc(NC(=O)N[C@@H](Cc3ccc(O)cc3)C(=O)N=C3CCC[N+](C)(Cc4cccc(O)c4)C3)cc2)no1. The molecule has 1 fully saturated rings. The fraction of sp³-hybridized carbons (Fsp3) is 0.303. The normalized spacial score (nSPS) is 18.1. The number of amides is 3. The highest BCUT2D eigenvalue weighted by Crippen LogP contribution is 2.22. The molecule has 0 radical (unpaired) electrons. The number of nitrogens with zero attached hydrogens (tertiary/aromatic N) is 4. The molecule has 2 atom stereocenters. The minimum Gasteiger partial charge on any atom is -0.508 e. The Morgan fingerprint density at radius 2 is 1.80 bits per heavy atom. The number of aromatic nitrogens is 2. The highest BCUT2D eigenvalue weighted by molar-refractivity contribution is 6.01. The van der Waals surface area contributed by atoms with E-state index in [9.17, 15) is 19.8 Å². The minimum absolute atomic E-state index is 0.115. The molecule has 11 heteroatoms. The number of phenolic OH excluding ortho intramolecular Hbond substituents is 2. The molecule has 228 valence electrons. The fourth-order valence-corrected chi connectivity index (χ4v) is 5.43. The van der Waals surface area contributed by atoms with Crippen molar-refractivity contribution < 1.29 is 28.8 Å². The number of aliphatic imine (C=N–C) groups is 1. The maximum Gasteiger partial charge on any atom is 0.319 e. The van der Waals surface area contributed by atoms with Gasteiger partial charge in [-0.25, -0.2) is 9.79 Å². The summed E-state index contributed by atoms with van der Waals surface area (Å²) >= 11 is 0. The van der Waals surface area contributed by atoms with Crippen molar-refractivity contribution in [2.45, 2.75) is 45.2 Å². The Labute approximate surface area is 255 Å². The van der Waals surface area contributed by atoms with Gasteiger partial charge in [0.15, 0.2) is 0 Å². The molecule has 1 unspecified atom stereocenters. The van der Waals surface area contributed by atoms with Gasteiger partial charge in [0.05, 0.1) is 19.3 Å². The van der Waals surface area contributed by atoms with Crippen molar-refractivity contribution in [3.63, 3.8) is 0 Å². The van der Waals surface area contributed by atoms with Crippen molar-refractivity contribution in [1.82, 2.24) is 15.5 Å². The van der Waals surface area contributed by atoms with Crippen LogP contribution < -0.4 is 10.6 Å². The van der Waals surface area contributed by atoms with Crippen molar-refractivity contribution in [2.75, 3.05) is 25.5 Å². The van der Waals surface area contributed by atoms with Gasteiger partial charge in [0.2, 0.25) is 11.7 Å². The summed E-state index contributed by atoms with van der Waals surface area (Å²) in [5, 5.41) is 29.2. The monoisotopic (exact) mass is 597 g/mol. The van der Waals surface area contributed by atoms with E-state index in [1.807, 2.05) is 19.1 Å². The molecule has 0 aliphatic carbocycles. The number of hydrogen-bond acceptors (Lipinski definition) is 7. The van der Waals surface area contributed by atoms with E-state index in [1.165, 1.54) is 0 Å². The van der Waals surface area contributed by atoms with Gasteiger partial charge in [-0.05, 0) is 60.5 Å².